The van der Waals surface area contributed by atoms with Gasteiger partial charge in [0.15, 0.2) is 0 Å². The molecule has 12 rings (SSSR count). The smallest absolute Gasteiger partial charge is 0.333 e. The summed E-state index contributed by atoms with van der Waals surface area (Å²) in [5, 5.41) is 0. The van der Waals surface area contributed by atoms with Gasteiger partial charge in [-0.3, -0.25) is 0 Å². The second kappa shape index (κ2) is 18.0. The van der Waals surface area contributed by atoms with Crippen molar-refractivity contribution in [2.24, 2.45) is 0 Å². The summed E-state index contributed by atoms with van der Waals surface area (Å²) in [4.78, 5) is 7.91. The van der Waals surface area contributed by atoms with Crippen LogP contribution in [0.1, 0.15) is 136 Å². The van der Waals surface area contributed by atoms with Gasteiger partial charge in [-0.15, -0.1) is 0 Å². The van der Waals surface area contributed by atoms with Crippen LogP contribution in [0, 0.1) is 6.92 Å². The zero-order valence-corrected chi connectivity index (χ0v) is 48.8. The minimum absolute atomic E-state index is 0.00952. The molecule has 0 unspecified atom stereocenters. The zero-order chi connectivity index (χ0) is 55.0. The minimum Gasteiger partial charge on any atom is -0.376 e. The van der Waals surface area contributed by atoms with Crippen LogP contribution in [0.3, 0.4) is 0 Å². The summed E-state index contributed by atoms with van der Waals surface area (Å²) in [7, 11) is 0. The fourth-order valence-electron chi connectivity index (χ4n) is 12.9. The summed E-state index contributed by atoms with van der Waals surface area (Å²) in [5.74, 6) is 0. The Kier molecular flexibility index (Phi) is 11.8. The predicted octanol–water partition coefficient (Wildman–Crippen LogP) is 19.3. The van der Waals surface area contributed by atoms with E-state index in [0.29, 0.717) is 0 Å². The van der Waals surface area contributed by atoms with Crippen molar-refractivity contribution >= 4 is 63.3 Å². The van der Waals surface area contributed by atoms with E-state index in [4.69, 9.17) is 0 Å². The lowest BCUT2D eigenvalue weighted by molar-refractivity contribution is 0.590. The summed E-state index contributed by atoms with van der Waals surface area (Å²) in [6.07, 6.45) is 0. The summed E-state index contributed by atoms with van der Waals surface area (Å²) in [6.45, 7) is 34.8. The van der Waals surface area contributed by atoms with Crippen LogP contribution in [0.2, 0.25) is 0 Å². The zero-order valence-electron chi connectivity index (χ0n) is 48.8. The first kappa shape index (κ1) is 51.2. The van der Waals surface area contributed by atoms with Gasteiger partial charge in [0, 0.05) is 56.4 Å². The van der Waals surface area contributed by atoms with Crippen molar-refractivity contribution in [3.63, 3.8) is 0 Å². The van der Waals surface area contributed by atoms with Crippen LogP contribution in [-0.4, -0.2) is 6.85 Å². The lowest BCUT2D eigenvalue weighted by Gasteiger charge is -2.48. The SMILES string of the molecule is Cc1cc2c3c(c1)N(c1ccc(C(C)(C)C)cc1-c1ccccc1)c1ccc(N(c4cccc(C(C)(C)C)c4)c4cccc(C(C)(C)C)c4)cc1B3N(c1ccc(C(C)(C)C)cc1)c1c-2ccc2c1C(C)(C)c1ccccc1-2. The van der Waals surface area contributed by atoms with Gasteiger partial charge in [0.25, 0.3) is 0 Å². The van der Waals surface area contributed by atoms with Crippen molar-refractivity contribution < 1.29 is 0 Å². The first-order chi connectivity index (χ1) is 36.9. The molecule has 78 heavy (non-hydrogen) atoms. The quantitative estimate of drug-likeness (QED) is 0.154. The van der Waals surface area contributed by atoms with Crippen molar-refractivity contribution in [2.45, 2.75) is 131 Å². The third-order valence-corrected chi connectivity index (χ3v) is 17.2. The van der Waals surface area contributed by atoms with Gasteiger partial charge in [0.2, 0.25) is 0 Å². The van der Waals surface area contributed by atoms with Crippen LogP contribution < -0.4 is 25.5 Å². The highest BCUT2D eigenvalue weighted by molar-refractivity contribution is 6.93. The number of hydrogen-bond acceptors (Lipinski definition) is 3. The molecule has 2 aliphatic heterocycles. The van der Waals surface area contributed by atoms with E-state index in [1.807, 2.05) is 0 Å². The average molecular weight is 1020 g/mol. The first-order valence-corrected chi connectivity index (χ1v) is 28.4. The molecular weight excluding hydrogens is 942 g/mol. The Morgan fingerprint density at radius 2 is 0.962 bits per heavy atom. The number of anilines is 8. The van der Waals surface area contributed by atoms with Gasteiger partial charge in [0.05, 0.1) is 5.69 Å². The van der Waals surface area contributed by atoms with Crippen molar-refractivity contribution in [1.29, 1.82) is 0 Å². The molecule has 0 N–H and O–H groups in total. The molecule has 3 aliphatic rings. The molecule has 0 saturated heterocycles. The fraction of sp³-hybridized carbons (Fsp3) is 0.270. The standard InChI is InChI=1S/C74H76BN3/c1-47-41-61-59-38-37-58-57-29-19-20-30-62(57)74(14,15)67(58)69(59)78(53-34-31-49(32-35-53)70(2,3)4)75-63-46-56(76(54-27-21-25-50(43-54)71(5,6)7)55-28-22-26-51(44-55)72(8,9)10)36-40-65(63)77(66(42-47)68(61)75)64-39-33-52(73(11,12)13)45-60(64)48-23-17-16-18-24-48/h16-46H,1-15H3. The molecule has 0 amide bonds. The lowest BCUT2D eigenvalue weighted by Crippen LogP contribution is -2.62. The minimum atomic E-state index is -0.275. The van der Waals surface area contributed by atoms with E-state index in [2.05, 4.69) is 307 Å². The van der Waals surface area contributed by atoms with Gasteiger partial charge in [-0.25, -0.2) is 0 Å². The average Bonchev–Trinajstić information content (AvgIpc) is 2.91. The summed E-state index contributed by atoms with van der Waals surface area (Å²) >= 11 is 0. The second-order valence-corrected chi connectivity index (χ2v) is 27.2. The van der Waals surface area contributed by atoms with Gasteiger partial charge in [0.1, 0.15) is 0 Å². The molecule has 0 aromatic heterocycles. The fourth-order valence-corrected chi connectivity index (χ4v) is 12.9. The highest BCUT2D eigenvalue weighted by Gasteiger charge is 2.49. The Morgan fingerprint density at radius 1 is 0.410 bits per heavy atom. The molecule has 0 spiro atoms. The van der Waals surface area contributed by atoms with Gasteiger partial charge in [-0.05, 0) is 174 Å². The highest BCUT2D eigenvalue weighted by Crippen LogP contribution is 2.58. The number of rotatable bonds is 6. The predicted molar refractivity (Wildman–Crippen MR) is 337 cm³/mol. The topological polar surface area (TPSA) is 9.72 Å². The second-order valence-electron chi connectivity index (χ2n) is 27.2. The van der Waals surface area contributed by atoms with E-state index in [1.54, 1.807) is 0 Å². The Labute approximate surface area is 466 Å². The summed E-state index contributed by atoms with van der Waals surface area (Å²) in [5.41, 5.74) is 28.5. The van der Waals surface area contributed by atoms with E-state index in [-0.39, 0.29) is 33.9 Å². The molecule has 3 nitrogen and oxygen atoms in total. The first-order valence-electron chi connectivity index (χ1n) is 28.4. The highest BCUT2D eigenvalue weighted by atomic mass is 15.2. The Hall–Kier alpha value is -7.56. The molecule has 1 aliphatic carbocycles. The van der Waals surface area contributed by atoms with Crippen LogP contribution >= 0.6 is 0 Å². The van der Waals surface area contributed by atoms with Crippen LogP contribution in [-0.2, 0) is 27.1 Å². The van der Waals surface area contributed by atoms with Gasteiger partial charge >= 0.3 is 6.85 Å². The van der Waals surface area contributed by atoms with E-state index in [0.717, 1.165) is 17.1 Å². The van der Waals surface area contributed by atoms with E-state index in [1.165, 1.54) is 112 Å². The molecule has 9 aromatic carbocycles. The van der Waals surface area contributed by atoms with Crippen molar-refractivity contribution in [3.05, 3.63) is 227 Å². The van der Waals surface area contributed by atoms with E-state index >= 15 is 0 Å². The Balaban J connectivity index is 1.22. The maximum atomic E-state index is 2.76. The molecule has 390 valence electrons. The molecule has 0 atom stereocenters. The van der Waals surface area contributed by atoms with Crippen LogP contribution in [0.15, 0.2) is 188 Å². The van der Waals surface area contributed by atoms with E-state index < -0.39 is 0 Å². The number of aryl methyl sites for hydroxylation is 1. The molecule has 9 aromatic rings. The number of fused-ring (bicyclic) bond motifs is 8. The Bertz CT molecular complexity index is 3780. The maximum absolute atomic E-state index is 2.76. The lowest BCUT2D eigenvalue weighted by atomic mass is 9.43. The number of nitrogens with zero attached hydrogens (tertiary/aromatic N) is 3. The van der Waals surface area contributed by atoms with Gasteiger partial charge in [-0.1, -0.05) is 212 Å². The van der Waals surface area contributed by atoms with Gasteiger partial charge in [-0.2, -0.15) is 0 Å². The molecular formula is C74H76BN3. The third-order valence-electron chi connectivity index (χ3n) is 17.2. The molecule has 0 radical (unpaired) electrons. The molecule has 0 bridgehead atoms. The molecule has 4 heteroatoms. The monoisotopic (exact) mass is 1020 g/mol. The number of benzene rings is 9. The third kappa shape index (κ3) is 8.41. The molecule has 2 heterocycles. The van der Waals surface area contributed by atoms with Crippen LogP contribution in [0.4, 0.5) is 45.5 Å². The normalized spacial score (nSPS) is 14.4. The van der Waals surface area contributed by atoms with Crippen LogP contribution in [0.25, 0.3) is 33.4 Å². The van der Waals surface area contributed by atoms with Gasteiger partial charge < -0.3 is 14.6 Å². The van der Waals surface area contributed by atoms with Crippen molar-refractivity contribution in [3.8, 4) is 33.4 Å². The molecule has 0 saturated carbocycles. The molecule has 0 fully saturated rings. The maximum Gasteiger partial charge on any atom is 0.333 e. The largest absolute Gasteiger partial charge is 0.376 e. The summed E-state index contributed by atoms with van der Waals surface area (Å²) < 4.78 is 0. The van der Waals surface area contributed by atoms with E-state index in [9.17, 15) is 0 Å². The Morgan fingerprint density at radius 3 is 1.59 bits per heavy atom. The number of hydrogen-bond donors (Lipinski definition) is 0. The van der Waals surface area contributed by atoms with Crippen LogP contribution in [0.5, 0.6) is 0 Å². The van der Waals surface area contributed by atoms with Crippen molar-refractivity contribution in [1.82, 2.24) is 0 Å². The van der Waals surface area contributed by atoms with Crippen molar-refractivity contribution in [2.75, 3.05) is 14.6 Å². The summed E-state index contributed by atoms with van der Waals surface area (Å²) in [6, 6.07) is 72.7.